The van der Waals surface area contributed by atoms with Crippen molar-refractivity contribution in [3.8, 4) is 0 Å². The van der Waals surface area contributed by atoms with Gasteiger partial charge in [0, 0.05) is 5.56 Å². The van der Waals surface area contributed by atoms with Crippen LogP contribution in [0.4, 0.5) is 0 Å². The Morgan fingerprint density at radius 3 is 2.79 bits per heavy atom. The average molecular weight is 192 g/mol. The predicted octanol–water partition coefficient (Wildman–Crippen LogP) is -0.0868. The van der Waals surface area contributed by atoms with Gasteiger partial charge < -0.3 is 11.6 Å². The van der Waals surface area contributed by atoms with E-state index in [1.807, 2.05) is 13.0 Å². The van der Waals surface area contributed by atoms with Crippen molar-refractivity contribution in [1.29, 1.82) is 0 Å². The van der Waals surface area contributed by atoms with E-state index in [1.165, 1.54) is 0 Å². The molecule has 0 aliphatic heterocycles. The standard InChI is InChI=1S/C9H12N4O/c1-6-3-2-4-7(5-6)8(14)12-9(10)13-11/h2-5H,11H2,1H3,(H3,10,12,13,14). The second-order valence-electron chi connectivity index (χ2n) is 2.84. The maximum Gasteiger partial charge on any atom is 0.257 e. The van der Waals surface area contributed by atoms with Gasteiger partial charge in [-0.1, -0.05) is 17.7 Å². The first-order valence-electron chi connectivity index (χ1n) is 4.05. The second-order valence-corrected chi connectivity index (χ2v) is 2.84. The Balaban J connectivity index is 2.80. The van der Waals surface area contributed by atoms with Crippen LogP contribution in [-0.2, 0) is 0 Å². The molecule has 0 saturated heterocycles. The Morgan fingerprint density at radius 2 is 2.21 bits per heavy atom. The first-order chi connectivity index (χ1) is 6.63. The van der Waals surface area contributed by atoms with Gasteiger partial charge >= 0.3 is 0 Å². The minimum Gasteiger partial charge on any atom is -0.368 e. The number of aryl methyl sites for hydroxylation is 1. The molecule has 0 unspecified atom stereocenters. The van der Waals surface area contributed by atoms with Crippen molar-refractivity contribution in [2.24, 2.45) is 16.7 Å². The molecule has 1 aromatic rings. The summed E-state index contributed by atoms with van der Waals surface area (Å²) in [6.07, 6.45) is 0. The molecule has 0 spiro atoms. The fraction of sp³-hybridized carbons (Fsp3) is 0.111. The number of hydrazone groups is 1. The third-order valence-corrected chi connectivity index (χ3v) is 1.66. The summed E-state index contributed by atoms with van der Waals surface area (Å²) in [6, 6.07) is 7.13. The molecule has 0 bridgehead atoms. The lowest BCUT2D eigenvalue weighted by Gasteiger charge is -2.03. The number of benzene rings is 1. The molecule has 0 heterocycles. The molecule has 1 rings (SSSR count). The summed E-state index contributed by atoms with van der Waals surface area (Å²) in [5, 5.41) is 5.48. The summed E-state index contributed by atoms with van der Waals surface area (Å²) in [5.74, 6) is 4.46. The Kier molecular flexibility index (Phi) is 3.06. The number of hydrogen-bond donors (Lipinski definition) is 3. The van der Waals surface area contributed by atoms with E-state index in [0.29, 0.717) is 5.56 Å². The number of hydrogen-bond acceptors (Lipinski definition) is 3. The molecule has 0 saturated carbocycles. The Labute approximate surface area is 81.8 Å². The van der Waals surface area contributed by atoms with Crippen LogP contribution in [0.1, 0.15) is 15.9 Å². The molecule has 1 aromatic carbocycles. The molecule has 0 aromatic heterocycles. The van der Waals surface area contributed by atoms with E-state index in [0.717, 1.165) is 5.56 Å². The number of nitrogens with two attached hydrogens (primary N) is 2. The highest BCUT2D eigenvalue weighted by Crippen LogP contribution is 2.02. The van der Waals surface area contributed by atoms with Crippen LogP contribution < -0.4 is 16.9 Å². The molecule has 0 aliphatic carbocycles. The summed E-state index contributed by atoms with van der Waals surface area (Å²) < 4.78 is 0. The van der Waals surface area contributed by atoms with E-state index in [2.05, 4.69) is 10.4 Å². The van der Waals surface area contributed by atoms with Crippen molar-refractivity contribution in [2.45, 2.75) is 6.92 Å². The Bertz CT molecular complexity index is 373. The van der Waals surface area contributed by atoms with Crippen molar-refractivity contribution in [3.05, 3.63) is 35.4 Å². The van der Waals surface area contributed by atoms with Crippen molar-refractivity contribution in [1.82, 2.24) is 5.32 Å². The molecular weight excluding hydrogens is 180 g/mol. The molecule has 5 N–H and O–H groups in total. The maximum atomic E-state index is 11.4. The Morgan fingerprint density at radius 1 is 1.50 bits per heavy atom. The monoisotopic (exact) mass is 192 g/mol. The maximum absolute atomic E-state index is 11.4. The minimum absolute atomic E-state index is 0.100. The molecule has 5 nitrogen and oxygen atoms in total. The lowest BCUT2D eigenvalue weighted by Crippen LogP contribution is -2.37. The van der Waals surface area contributed by atoms with Gasteiger partial charge in [0.05, 0.1) is 0 Å². The van der Waals surface area contributed by atoms with Crippen LogP contribution in [0.25, 0.3) is 0 Å². The predicted molar refractivity (Wildman–Crippen MR) is 54.5 cm³/mol. The van der Waals surface area contributed by atoms with Crippen LogP contribution in [-0.4, -0.2) is 11.9 Å². The number of guanidine groups is 1. The highest BCUT2D eigenvalue weighted by Gasteiger charge is 2.05. The number of rotatable bonds is 1. The molecule has 0 aliphatic rings. The zero-order valence-electron chi connectivity index (χ0n) is 7.82. The van der Waals surface area contributed by atoms with E-state index < -0.39 is 0 Å². The molecule has 0 atom stereocenters. The SMILES string of the molecule is Cc1cccc(C(=O)NC(N)=NN)c1. The zero-order valence-corrected chi connectivity index (χ0v) is 7.82. The van der Waals surface area contributed by atoms with Gasteiger partial charge in [-0.2, -0.15) is 0 Å². The van der Waals surface area contributed by atoms with Gasteiger partial charge in [-0.3, -0.25) is 10.1 Å². The summed E-state index contributed by atoms with van der Waals surface area (Å²) >= 11 is 0. The number of nitrogens with zero attached hydrogens (tertiary/aromatic N) is 1. The van der Waals surface area contributed by atoms with Gasteiger partial charge in [-0.15, -0.1) is 5.10 Å². The van der Waals surface area contributed by atoms with Gasteiger partial charge in [0.1, 0.15) is 0 Å². The molecule has 14 heavy (non-hydrogen) atoms. The smallest absolute Gasteiger partial charge is 0.257 e. The second kappa shape index (κ2) is 4.27. The van der Waals surface area contributed by atoms with Gasteiger partial charge in [-0.25, -0.2) is 0 Å². The number of amides is 1. The molecule has 74 valence electrons. The molecular formula is C9H12N4O. The van der Waals surface area contributed by atoms with Crippen LogP contribution in [0.2, 0.25) is 0 Å². The van der Waals surface area contributed by atoms with E-state index in [9.17, 15) is 4.79 Å². The lowest BCUT2D eigenvalue weighted by molar-refractivity contribution is 0.0976. The normalized spacial score (nSPS) is 11.1. The number of carbonyl (C=O) groups is 1. The fourth-order valence-electron chi connectivity index (χ4n) is 1.01. The highest BCUT2D eigenvalue weighted by molar-refractivity contribution is 6.05. The molecule has 0 fully saturated rings. The molecule has 5 heteroatoms. The topological polar surface area (TPSA) is 93.5 Å². The van der Waals surface area contributed by atoms with Crippen LogP contribution in [0.15, 0.2) is 29.4 Å². The average Bonchev–Trinajstić information content (AvgIpc) is 2.17. The zero-order chi connectivity index (χ0) is 10.6. The lowest BCUT2D eigenvalue weighted by atomic mass is 10.1. The third-order valence-electron chi connectivity index (χ3n) is 1.66. The van der Waals surface area contributed by atoms with Crippen LogP contribution in [0.3, 0.4) is 0 Å². The van der Waals surface area contributed by atoms with E-state index in [1.54, 1.807) is 18.2 Å². The van der Waals surface area contributed by atoms with Crippen molar-refractivity contribution in [3.63, 3.8) is 0 Å². The first-order valence-corrected chi connectivity index (χ1v) is 4.05. The summed E-state index contributed by atoms with van der Waals surface area (Å²) in [5.41, 5.74) is 6.77. The third kappa shape index (κ3) is 2.48. The summed E-state index contributed by atoms with van der Waals surface area (Å²) in [4.78, 5) is 11.4. The minimum atomic E-state index is -0.319. The van der Waals surface area contributed by atoms with Crippen LogP contribution >= 0.6 is 0 Å². The Hall–Kier alpha value is -2.04. The van der Waals surface area contributed by atoms with Gasteiger partial charge in [0.25, 0.3) is 5.91 Å². The number of carbonyl (C=O) groups excluding carboxylic acids is 1. The largest absolute Gasteiger partial charge is 0.368 e. The van der Waals surface area contributed by atoms with Crippen molar-refractivity contribution in [2.75, 3.05) is 0 Å². The summed E-state index contributed by atoms with van der Waals surface area (Å²) in [6.45, 7) is 1.90. The van der Waals surface area contributed by atoms with E-state index in [-0.39, 0.29) is 11.9 Å². The molecule has 1 amide bonds. The van der Waals surface area contributed by atoms with Crippen LogP contribution in [0, 0.1) is 6.92 Å². The fourth-order valence-corrected chi connectivity index (χ4v) is 1.01. The molecule has 0 radical (unpaired) electrons. The quantitative estimate of drug-likeness (QED) is 0.251. The highest BCUT2D eigenvalue weighted by atomic mass is 16.1. The first kappa shape index (κ1) is 10.0. The van der Waals surface area contributed by atoms with Crippen molar-refractivity contribution < 1.29 is 4.79 Å². The van der Waals surface area contributed by atoms with Gasteiger partial charge in [-0.05, 0) is 19.1 Å². The van der Waals surface area contributed by atoms with E-state index in [4.69, 9.17) is 11.6 Å². The number of nitrogens with one attached hydrogen (secondary N) is 1. The van der Waals surface area contributed by atoms with Crippen molar-refractivity contribution >= 4 is 11.9 Å². The van der Waals surface area contributed by atoms with Gasteiger partial charge in [0.15, 0.2) is 0 Å². The van der Waals surface area contributed by atoms with Gasteiger partial charge in [0.2, 0.25) is 5.96 Å². The van der Waals surface area contributed by atoms with E-state index >= 15 is 0 Å². The van der Waals surface area contributed by atoms with Crippen LogP contribution in [0.5, 0.6) is 0 Å². The summed E-state index contributed by atoms with van der Waals surface area (Å²) in [7, 11) is 0.